The maximum absolute atomic E-state index is 12.5. The van der Waals surface area contributed by atoms with Crippen LogP contribution in [-0.2, 0) is 0 Å². The number of phenolic OH excluding ortho intramolecular Hbond substituents is 3. The maximum atomic E-state index is 12.5. The third-order valence-corrected chi connectivity index (χ3v) is 4.85. The highest BCUT2D eigenvalue weighted by molar-refractivity contribution is 9.11. The first-order valence-corrected chi connectivity index (χ1v) is 8.15. The molecule has 3 N–H and O–H groups in total. The van der Waals surface area contributed by atoms with Crippen LogP contribution in [0.5, 0.6) is 23.0 Å². The van der Waals surface area contributed by atoms with Crippen molar-refractivity contribution in [3.8, 4) is 23.0 Å². The Bertz CT molecular complexity index is 763. The smallest absolute Gasteiger partial charge is 0.346 e. The Morgan fingerprint density at radius 2 is 1.35 bits per heavy atom. The molecule has 0 bridgehead atoms. The highest BCUT2D eigenvalue weighted by Crippen LogP contribution is 2.48. The van der Waals surface area contributed by atoms with Gasteiger partial charge in [0.25, 0.3) is 0 Å². The predicted octanol–water partition coefficient (Wildman–Crippen LogP) is 4.47. The van der Waals surface area contributed by atoms with Crippen molar-refractivity contribution in [3.05, 3.63) is 43.3 Å². The number of phenols is 3. The molecule has 0 unspecified atom stereocenters. The molecule has 0 spiro atoms. The van der Waals surface area contributed by atoms with Crippen LogP contribution in [0.15, 0.2) is 21.1 Å². The molecule has 0 amide bonds. The molecule has 122 valence electrons. The van der Waals surface area contributed by atoms with E-state index in [0.29, 0.717) is 5.75 Å². The molecule has 2 aromatic carbocycles. The van der Waals surface area contributed by atoms with Crippen molar-refractivity contribution in [2.45, 2.75) is 20.8 Å². The number of rotatable bonds is 2. The lowest BCUT2D eigenvalue weighted by atomic mass is 10.1. The van der Waals surface area contributed by atoms with Crippen LogP contribution in [0.2, 0.25) is 0 Å². The van der Waals surface area contributed by atoms with Crippen LogP contribution in [0, 0.1) is 20.8 Å². The van der Waals surface area contributed by atoms with Crippen molar-refractivity contribution in [1.82, 2.24) is 0 Å². The summed E-state index contributed by atoms with van der Waals surface area (Å²) in [5, 5.41) is 29.1. The number of carbonyl (C=O) groups excluding carboxylic acids is 1. The molecule has 0 saturated heterocycles. The molecule has 0 saturated carbocycles. The van der Waals surface area contributed by atoms with Gasteiger partial charge in [0.15, 0.2) is 11.5 Å². The fourth-order valence-electron chi connectivity index (χ4n) is 2.30. The fourth-order valence-corrected chi connectivity index (χ4v) is 3.67. The van der Waals surface area contributed by atoms with Gasteiger partial charge in [0.05, 0.1) is 14.5 Å². The van der Waals surface area contributed by atoms with E-state index in [4.69, 9.17) is 4.74 Å². The van der Waals surface area contributed by atoms with E-state index in [1.807, 2.05) is 32.9 Å². The molecule has 0 aromatic heterocycles. The second-order valence-electron chi connectivity index (χ2n) is 5.17. The summed E-state index contributed by atoms with van der Waals surface area (Å²) in [5.41, 5.74) is 2.49. The first-order valence-electron chi connectivity index (χ1n) is 6.57. The van der Waals surface area contributed by atoms with E-state index in [9.17, 15) is 20.1 Å². The molecule has 0 radical (unpaired) electrons. The lowest BCUT2D eigenvalue weighted by molar-refractivity contribution is 0.0729. The number of halogens is 2. The largest absolute Gasteiger partial charge is 0.503 e. The van der Waals surface area contributed by atoms with Crippen molar-refractivity contribution in [1.29, 1.82) is 0 Å². The lowest BCUT2D eigenvalue weighted by Gasteiger charge is -2.15. The van der Waals surface area contributed by atoms with Crippen LogP contribution in [-0.4, -0.2) is 21.3 Å². The number of benzene rings is 2. The molecule has 5 nitrogen and oxygen atoms in total. The average Bonchev–Trinajstić information content (AvgIpc) is 2.47. The Labute approximate surface area is 149 Å². The number of hydrogen-bond acceptors (Lipinski definition) is 5. The minimum Gasteiger partial charge on any atom is -0.503 e. The summed E-state index contributed by atoms with van der Waals surface area (Å²) in [6.07, 6.45) is 0. The van der Waals surface area contributed by atoms with Gasteiger partial charge in [-0.25, -0.2) is 4.79 Å². The molecule has 2 aromatic rings. The molecular formula is C16H14Br2O5. The lowest BCUT2D eigenvalue weighted by Crippen LogP contribution is -2.12. The van der Waals surface area contributed by atoms with Crippen LogP contribution in [0.1, 0.15) is 27.0 Å². The minimum atomic E-state index is -0.788. The Morgan fingerprint density at radius 1 is 0.913 bits per heavy atom. The fraction of sp³-hybridized carbons (Fsp3) is 0.188. The molecule has 0 aliphatic heterocycles. The summed E-state index contributed by atoms with van der Waals surface area (Å²) < 4.78 is 5.27. The monoisotopic (exact) mass is 444 g/mol. The van der Waals surface area contributed by atoms with Crippen molar-refractivity contribution in [3.63, 3.8) is 0 Å². The van der Waals surface area contributed by atoms with Gasteiger partial charge in [-0.2, -0.15) is 0 Å². The SMILES string of the molecule is Cc1cc(C)c(OC(=O)c2c(Br)c(O)c(O)c(O)c2Br)c(C)c1. The molecule has 0 atom stereocenters. The van der Waals surface area contributed by atoms with E-state index >= 15 is 0 Å². The Balaban J connectivity index is 2.52. The number of carbonyl (C=O) groups is 1. The zero-order chi connectivity index (χ0) is 17.5. The molecule has 7 heteroatoms. The summed E-state index contributed by atoms with van der Waals surface area (Å²) in [7, 11) is 0. The van der Waals surface area contributed by atoms with Crippen LogP contribution in [0.25, 0.3) is 0 Å². The molecule has 2 rings (SSSR count). The standard InChI is InChI=1S/C16H14Br2O5/c1-6-4-7(2)15(8(3)5-6)23-16(22)9-10(17)12(19)14(21)13(20)11(9)18/h4-5,19-21H,1-3H3. The molecule has 0 aliphatic rings. The first kappa shape index (κ1) is 17.6. The third-order valence-electron chi connectivity index (χ3n) is 3.31. The summed E-state index contributed by atoms with van der Waals surface area (Å²) in [5.74, 6) is -2.40. The number of hydrogen-bond donors (Lipinski definition) is 3. The van der Waals surface area contributed by atoms with Gasteiger partial charge in [-0.3, -0.25) is 0 Å². The van der Waals surface area contributed by atoms with E-state index in [1.165, 1.54) is 0 Å². The van der Waals surface area contributed by atoms with Crippen LogP contribution < -0.4 is 4.74 Å². The van der Waals surface area contributed by atoms with Gasteiger partial charge in [-0.15, -0.1) is 0 Å². The van der Waals surface area contributed by atoms with Gasteiger partial charge in [-0.1, -0.05) is 17.7 Å². The van der Waals surface area contributed by atoms with Gasteiger partial charge in [-0.05, 0) is 63.8 Å². The number of aryl methyl sites for hydroxylation is 3. The van der Waals surface area contributed by atoms with Crippen LogP contribution >= 0.6 is 31.9 Å². The minimum absolute atomic E-state index is 0.0768. The molecule has 0 heterocycles. The zero-order valence-corrected chi connectivity index (χ0v) is 15.7. The van der Waals surface area contributed by atoms with E-state index in [2.05, 4.69) is 31.9 Å². The van der Waals surface area contributed by atoms with E-state index in [1.54, 1.807) is 0 Å². The number of esters is 1. The summed E-state index contributed by atoms with van der Waals surface area (Å²) in [6, 6.07) is 3.76. The topological polar surface area (TPSA) is 87.0 Å². The Kier molecular flexibility index (Phi) is 4.91. The Hall–Kier alpha value is -1.73. The van der Waals surface area contributed by atoms with Crippen molar-refractivity contribution in [2.75, 3.05) is 0 Å². The van der Waals surface area contributed by atoms with Crippen molar-refractivity contribution >= 4 is 37.8 Å². The third kappa shape index (κ3) is 3.16. The van der Waals surface area contributed by atoms with Gasteiger partial charge in [0.1, 0.15) is 5.75 Å². The number of ether oxygens (including phenoxy) is 1. The second-order valence-corrected chi connectivity index (χ2v) is 6.75. The van der Waals surface area contributed by atoms with Gasteiger partial charge < -0.3 is 20.1 Å². The van der Waals surface area contributed by atoms with Crippen LogP contribution in [0.4, 0.5) is 0 Å². The quantitative estimate of drug-likeness (QED) is 0.360. The summed E-state index contributed by atoms with van der Waals surface area (Å²) in [6.45, 7) is 5.58. The molecular weight excluding hydrogens is 432 g/mol. The van der Waals surface area contributed by atoms with Crippen molar-refractivity contribution in [2.24, 2.45) is 0 Å². The van der Waals surface area contributed by atoms with Crippen LogP contribution in [0.3, 0.4) is 0 Å². The first-order chi connectivity index (χ1) is 10.6. The zero-order valence-electron chi connectivity index (χ0n) is 12.6. The molecule has 23 heavy (non-hydrogen) atoms. The average molecular weight is 446 g/mol. The molecule has 0 fully saturated rings. The van der Waals surface area contributed by atoms with Gasteiger partial charge >= 0.3 is 5.97 Å². The van der Waals surface area contributed by atoms with Gasteiger partial charge in [0, 0.05) is 0 Å². The maximum Gasteiger partial charge on any atom is 0.346 e. The summed E-state index contributed by atoms with van der Waals surface area (Å²) >= 11 is 6.05. The number of aromatic hydroxyl groups is 3. The van der Waals surface area contributed by atoms with E-state index < -0.39 is 23.2 Å². The van der Waals surface area contributed by atoms with E-state index in [0.717, 1.165) is 16.7 Å². The summed E-state index contributed by atoms with van der Waals surface area (Å²) in [4.78, 5) is 12.5. The second kappa shape index (κ2) is 6.41. The van der Waals surface area contributed by atoms with Crippen molar-refractivity contribution < 1.29 is 24.9 Å². The molecule has 0 aliphatic carbocycles. The highest BCUT2D eigenvalue weighted by Gasteiger charge is 2.27. The van der Waals surface area contributed by atoms with Gasteiger partial charge in [0.2, 0.25) is 5.75 Å². The normalized spacial score (nSPS) is 10.7. The highest BCUT2D eigenvalue weighted by atomic mass is 79.9. The van der Waals surface area contributed by atoms with E-state index in [-0.39, 0.29) is 14.5 Å². The Morgan fingerprint density at radius 3 is 1.78 bits per heavy atom. The predicted molar refractivity (Wildman–Crippen MR) is 92.4 cm³/mol.